The molecule has 0 unspecified atom stereocenters. The molecule has 0 aliphatic rings. The molecule has 5 heteroatoms. The molecule has 2 aromatic carbocycles. The number of benzene rings is 2. The van der Waals surface area contributed by atoms with Gasteiger partial charge in [-0.15, -0.1) is 0 Å². The van der Waals surface area contributed by atoms with Gasteiger partial charge in [-0.05, 0) is 49.1 Å². The molecule has 0 fully saturated rings. The summed E-state index contributed by atoms with van der Waals surface area (Å²) in [6, 6.07) is 15.3. The fraction of sp³-hybridized carbons (Fsp3) is 0.222. The van der Waals surface area contributed by atoms with Crippen LogP contribution < -0.4 is 5.32 Å². The van der Waals surface area contributed by atoms with Crippen LogP contribution >= 0.6 is 11.6 Å². The molecule has 2 rings (SSSR count). The molecule has 2 N–H and O–H groups in total. The van der Waals surface area contributed by atoms with E-state index in [9.17, 15) is 14.7 Å². The van der Waals surface area contributed by atoms with Gasteiger partial charge >= 0.3 is 5.97 Å². The zero-order valence-corrected chi connectivity index (χ0v) is 13.3. The zero-order chi connectivity index (χ0) is 16.7. The lowest BCUT2D eigenvalue weighted by Gasteiger charge is -2.14. The Bertz CT molecular complexity index is 656. The lowest BCUT2D eigenvalue weighted by Crippen LogP contribution is -2.40. The Morgan fingerprint density at radius 1 is 1.04 bits per heavy atom. The second-order valence-electron chi connectivity index (χ2n) is 5.25. The van der Waals surface area contributed by atoms with E-state index in [-0.39, 0.29) is 0 Å². The highest BCUT2D eigenvalue weighted by Crippen LogP contribution is 2.11. The maximum absolute atomic E-state index is 12.1. The minimum absolute atomic E-state index is 0.379. The van der Waals surface area contributed by atoms with Crippen LogP contribution in [0.4, 0.5) is 0 Å². The van der Waals surface area contributed by atoms with Gasteiger partial charge in [0.1, 0.15) is 6.04 Å². The van der Waals surface area contributed by atoms with Crippen LogP contribution in [0.15, 0.2) is 54.6 Å². The van der Waals surface area contributed by atoms with Crippen LogP contribution in [-0.2, 0) is 11.2 Å². The summed E-state index contributed by atoms with van der Waals surface area (Å²) in [6.45, 7) is 0. The average Bonchev–Trinajstić information content (AvgIpc) is 2.55. The Hall–Kier alpha value is -2.33. The van der Waals surface area contributed by atoms with Crippen molar-refractivity contribution in [2.45, 2.75) is 25.3 Å². The van der Waals surface area contributed by atoms with E-state index in [1.165, 1.54) is 0 Å². The van der Waals surface area contributed by atoms with E-state index >= 15 is 0 Å². The van der Waals surface area contributed by atoms with Gasteiger partial charge in [-0.25, -0.2) is 4.79 Å². The van der Waals surface area contributed by atoms with Crippen molar-refractivity contribution in [3.05, 3.63) is 70.7 Å². The van der Waals surface area contributed by atoms with Gasteiger partial charge in [0.05, 0.1) is 0 Å². The van der Waals surface area contributed by atoms with Crippen LogP contribution in [0.3, 0.4) is 0 Å². The molecule has 23 heavy (non-hydrogen) atoms. The number of carbonyl (C=O) groups excluding carboxylic acids is 1. The standard InChI is InChI=1S/C18H18ClNO3/c19-15-11-9-14(10-12-15)17(21)20-16(18(22)23)8-4-7-13-5-2-1-3-6-13/h1-3,5-6,9-12,16H,4,7-8H2,(H,20,21)(H,22,23)/t16-/m0/s1. The molecule has 0 saturated heterocycles. The summed E-state index contributed by atoms with van der Waals surface area (Å²) in [4.78, 5) is 23.4. The monoisotopic (exact) mass is 331 g/mol. The average molecular weight is 332 g/mol. The second kappa shape index (κ2) is 8.34. The molecule has 0 aliphatic heterocycles. The number of carboxylic acids is 1. The minimum atomic E-state index is -1.03. The summed E-state index contributed by atoms with van der Waals surface area (Å²) in [6.07, 6.45) is 1.84. The number of carboxylic acid groups (broad SMARTS) is 1. The first kappa shape index (κ1) is 17.0. The third kappa shape index (κ3) is 5.42. The molecule has 1 atom stereocenters. The Kier molecular flexibility index (Phi) is 6.18. The van der Waals surface area contributed by atoms with Crippen molar-refractivity contribution < 1.29 is 14.7 Å². The number of nitrogens with one attached hydrogen (secondary N) is 1. The van der Waals surface area contributed by atoms with Crippen molar-refractivity contribution in [1.29, 1.82) is 0 Å². The maximum atomic E-state index is 12.1. The van der Waals surface area contributed by atoms with Gasteiger partial charge in [-0.3, -0.25) is 4.79 Å². The van der Waals surface area contributed by atoms with Crippen LogP contribution in [-0.4, -0.2) is 23.0 Å². The first-order valence-corrected chi connectivity index (χ1v) is 7.77. The normalized spacial score (nSPS) is 11.7. The summed E-state index contributed by atoms with van der Waals surface area (Å²) in [5.74, 6) is -1.44. The molecule has 0 heterocycles. The van der Waals surface area contributed by atoms with E-state index in [1.54, 1.807) is 24.3 Å². The molecule has 120 valence electrons. The van der Waals surface area contributed by atoms with E-state index in [4.69, 9.17) is 11.6 Å². The summed E-state index contributed by atoms with van der Waals surface area (Å²) >= 11 is 5.77. The van der Waals surface area contributed by atoms with Crippen LogP contribution in [0.2, 0.25) is 5.02 Å². The second-order valence-corrected chi connectivity index (χ2v) is 5.69. The third-order valence-corrected chi connectivity index (χ3v) is 3.76. The van der Waals surface area contributed by atoms with Gasteiger partial charge < -0.3 is 10.4 Å². The first-order valence-electron chi connectivity index (χ1n) is 7.39. The fourth-order valence-corrected chi connectivity index (χ4v) is 2.38. The highest BCUT2D eigenvalue weighted by Gasteiger charge is 2.20. The van der Waals surface area contributed by atoms with Gasteiger partial charge in [0.2, 0.25) is 0 Å². The molecule has 0 aromatic heterocycles. The van der Waals surface area contributed by atoms with E-state index in [0.717, 1.165) is 12.0 Å². The topological polar surface area (TPSA) is 66.4 Å². The van der Waals surface area contributed by atoms with Crippen LogP contribution in [0.5, 0.6) is 0 Å². The zero-order valence-electron chi connectivity index (χ0n) is 12.5. The lowest BCUT2D eigenvalue weighted by atomic mass is 10.0. The number of carbonyl (C=O) groups is 2. The van der Waals surface area contributed by atoms with Crippen molar-refractivity contribution in [1.82, 2.24) is 5.32 Å². The summed E-state index contributed by atoms with van der Waals surface area (Å²) in [7, 11) is 0. The van der Waals surface area contributed by atoms with Crippen molar-refractivity contribution in [2.75, 3.05) is 0 Å². The van der Waals surface area contributed by atoms with Crippen LogP contribution in [0.1, 0.15) is 28.8 Å². The van der Waals surface area contributed by atoms with Crippen molar-refractivity contribution in [3.8, 4) is 0 Å². The Balaban J connectivity index is 1.89. The maximum Gasteiger partial charge on any atom is 0.326 e. The number of hydrogen-bond acceptors (Lipinski definition) is 2. The Labute approximate surface area is 140 Å². The summed E-state index contributed by atoms with van der Waals surface area (Å²) in [5.41, 5.74) is 1.55. The molecule has 0 bridgehead atoms. The minimum Gasteiger partial charge on any atom is -0.480 e. The molecule has 4 nitrogen and oxygen atoms in total. The SMILES string of the molecule is O=C(N[C@@H](CCCc1ccccc1)C(=O)O)c1ccc(Cl)cc1. The van der Waals surface area contributed by atoms with E-state index in [0.29, 0.717) is 23.4 Å². The van der Waals surface area contributed by atoms with Gasteiger partial charge in [0.25, 0.3) is 5.91 Å². The number of rotatable bonds is 7. The molecule has 2 aromatic rings. The lowest BCUT2D eigenvalue weighted by molar-refractivity contribution is -0.139. The van der Waals surface area contributed by atoms with E-state index in [1.807, 2.05) is 30.3 Å². The predicted molar refractivity (Wildman–Crippen MR) is 89.7 cm³/mol. The fourth-order valence-electron chi connectivity index (χ4n) is 2.26. The molecular weight excluding hydrogens is 314 g/mol. The molecular formula is C18H18ClNO3. The van der Waals surface area contributed by atoms with Crippen LogP contribution in [0, 0.1) is 0 Å². The number of aliphatic carboxylic acids is 1. The van der Waals surface area contributed by atoms with Gasteiger partial charge in [0, 0.05) is 10.6 Å². The molecule has 1 amide bonds. The smallest absolute Gasteiger partial charge is 0.326 e. The van der Waals surface area contributed by atoms with Crippen LogP contribution in [0.25, 0.3) is 0 Å². The molecule has 0 saturated carbocycles. The highest BCUT2D eigenvalue weighted by molar-refractivity contribution is 6.30. The number of aryl methyl sites for hydroxylation is 1. The quantitative estimate of drug-likeness (QED) is 0.815. The van der Waals surface area contributed by atoms with Gasteiger partial charge in [0.15, 0.2) is 0 Å². The van der Waals surface area contributed by atoms with Crippen molar-refractivity contribution >= 4 is 23.5 Å². The van der Waals surface area contributed by atoms with E-state index in [2.05, 4.69) is 5.32 Å². The molecule has 0 aliphatic carbocycles. The van der Waals surface area contributed by atoms with Crippen molar-refractivity contribution in [2.24, 2.45) is 0 Å². The number of hydrogen-bond donors (Lipinski definition) is 2. The van der Waals surface area contributed by atoms with Gasteiger partial charge in [-0.1, -0.05) is 41.9 Å². The number of amides is 1. The largest absolute Gasteiger partial charge is 0.480 e. The summed E-state index contributed by atoms with van der Waals surface area (Å²) in [5, 5.41) is 12.4. The van der Waals surface area contributed by atoms with Crippen molar-refractivity contribution in [3.63, 3.8) is 0 Å². The van der Waals surface area contributed by atoms with E-state index < -0.39 is 17.9 Å². The summed E-state index contributed by atoms with van der Waals surface area (Å²) < 4.78 is 0. The Morgan fingerprint density at radius 2 is 1.70 bits per heavy atom. The Morgan fingerprint density at radius 3 is 2.30 bits per heavy atom. The number of halogens is 1. The van der Waals surface area contributed by atoms with Gasteiger partial charge in [-0.2, -0.15) is 0 Å². The third-order valence-electron chi connectivity index (χ3n) is 3.51. The molecule has 0 radical (unpaired) electrons. The highest BCUT2D eigenvalue weighted by atomic mass is 35.5. The first-order chi connectivity index (χ1) is 11.1. The molecule has 0 spiro atoms. The predicted octanol–water partition coefficient (Wildman–Crippen LogP) is 3.55.